The average Bonchev–Trinajstić information content (AvgIpc) is 2.72. The van der Waals surface area contributed by atoms with E-state index in [4.69, 9.17) is 4.74 Å². The highest BCUT2D eigenvalue weighted by atomic mass is 16.5. The molecule has 26 heavy (non-hydrogen) atoms. The summed E-state index contributed by atoms with van der Waals surface area (Å²) in [5.74, 6) is 0.748. The summed E-state index contributed by atoms with van der Waals surface area (Å²) in [4.78, 5) is 4.66. The molecule has 1 aromatic heterocycles. The number of nitrogens with zero attached hydrogens (tertiary/aromatic N) is 1. The lowest BCUT2D eigenvalue weighted by atomic mass is 9.99. The maximum atomic E-state index is 9.74. The molecule has 1 heterocycles. The van der Waals surface area contributed by atoms with Gasteiger partial charge in [-0.05, 0) is 29.3 Å². The van der Waals surface area contributed by atoms with Gasteiger partial charge in [-0.3, -0.25) is 0 Å². The Morgan fingerprint density at radius 1 is 0.769 bits per heavy atom. The summed E-state index contributed by atoms with van der Waals surface area (Å²) in [5, 5.41) is 10.9. The van der Waals surface area contributed by atoms with Crippen LogP contribution in [0.3, 0.4) is 0 Å². The van der Waals surface area contributed by atoms with Crippen LogP contribution in [0.25, 0.3) is 22.0 Å². The molecule has 0 aliphatic heterocycles. The number of hydrogen-bond acceptors (Lipinski definition) is 3. The second-order valence-corrected chi connectivity index (χ2v) is 6.10. The number of aromatic nitrogens is 1. The van der Waals surface area contributed by atoms with Crippen LogP contribution in [0.2, 0.25) is 0 Å². The highest BCUT2D eigenvalue weighted by molar-refractivity contribution is 5.78. The van der Waals surface area contributed by atoms with E-state index in [1.807, 2.05) is 78.9 Å². The second kappa shape index (κ2) is 7.38. The van der Waals surface area contributed by atoms with Crippen molar-refractivity contribution in [3.05, 3.63) is 96.2 Å². The van der Waals surface area contributed by atoms with E-state index in [2.05, 4.69) is 11.1 Å². The Kier molecular flexibility index (Phi) is 4.63. The maximum Gasteiger partial charge on any atom is 0.130 e. The van der Waals surface area contributed by atoms with Crippen LogP contribution < -0.4 is 4.74 Å². The zero-order valence-corrected chi connectivity index (χ0v) is 14.3. The lowest BCUT2D eigenvalue weighted by Gasteiger charge is -2.15. The Balaban J connectivity index is 1.65. The highest BCUT2D eigenvalue weighted by Crippen LogP contribution is 2.34. The number of aliphatic hydroxyl groups is 1. The van der Waals surface area contributed by atoms with Gasteiger partial charge < -0.3 is 9.84 Å². The third-order valence-corrected chi connectivity index (χ3v) is 4.38. The minimum absolute atomic E-state index is 0.0321. The number of pyridine rings is 1. The molecule has 4 rings (SSSR count). The van der Waals surface area contributed by atoms with Crippen LogP contribution in [-0.2, 0) is 13.2 Å². The van der Waals surface area contributed by atoms with E-state index in [0.29, 0.717) is 6.61 Å². The van der Waals surface area contributed by atoms with Crippen molar-refractivity contribution in [3.63, 3.8) is 0 Å². The summed E-state index contributed by atoms with van der Waals surface area (Å²) >= 11 is 0. The Morgan fingerprint density at radius 2 is 1.58 bits per heavy atom. The van der Waals surface area contributed by atoms with Crippen LogP contribution in [0, 0.1) is 0 Å². The number of hydrogen-bond donors (Lipinski definition) is 1. The van der Waals surface area contributed by atoms with Gasteiger partial charge in [0.1, 0.15) is 12.4 Å². The summed E-state index contributed by atoms with van der Waals surface area (Å²) in [6, 6.07) is 27.8. The van der Waals surface area contributed by atoms with Crippen molar-refractivity contribution in [2.45, 2.75) is 13.2 Å². The predicted octanol–water partition coefficient (Wildman–Crippen LogP) is 4.97. The SMILES string of the molecule is OCc1cccc(OCc2ccc3ccccc3n2)c1-c1ccccc1. The van der Waals surface area contributed by atoms with Gasteiger partial charge in [0.2, 0.25) is 0 Å². The largest absolute Gasteiger partial charge is 0.487 e. The summed E-state index contributed by atoms with van der Waals surface area (Å²) in [6.07, 6.45) is 0. The van der Waals surface area contributed by atoms with Crippen molar-refractivity contribution in [2.24, 2.45) is 0 Å². The fourth-order valence-electron chi connectivity index (χ4n) is 3.10. The van der Waals surface area contributed by atoms with Crippen LogP contribution in [0.1, 0.15) is 11.3 Å². The normalized spacial score (nSPS) is 10.8. The molecule has 0 aliphatic rings. The second-order valence-electron chi connectivity index (χ2n) is 6.10. The summed E-state index contributed by atoms with van der Waals surface area (Å²) in [6.45, 7) is 0.342. The highest BCUT2D eigenvalue weighted by Gasteiger charge is 2.12. The van der Waals surface area contributed by atoms with E-state index >= 15 is 0 Å². The molecule has 0 bridgehead atoms. The van der Waals surface area contributed by atoms with Gasteiger partial charge in [-0.25, -0.2) is 4.98 Å². The van der Waals surface area contributed by atoms with E-state index in [1.54, 1.807) is 0 Å². The molecular weight excluding hydrogens is 322 g/mol. The standard InChI is InChI=1S/C23H19NO2/c25-15-19-10-6-12-22(23(19)18-8-2-1-3-9-18)26-16-20-14-13-17-7-4-5-11-21(17)24-20/h1-14,25H,15-16H2. The Labute approximate surface area is 152 Å². The number of benzene rings is 3. The molecule has 0 fully saturated rings. The lowest BCUT2D eigenvalue weighted by molar-refractivity contribution is 0.278. The van der Waals surface area contributed by atoms with Gasteiger partial charge in [-0.1, -0.05) is 66.7 Å². The van der Waals surface area contributed by atoms with Gasteiger partial charge >= 0.3 is 0 Å². The topological polar surface area (TPSA) is 42.4 Å². The zero-order chi connectivity index (χ0) is 17.8. The molecule has 3 heteroatoms. The van der Waals surface area contributed by atoms with Crippen molar-refractivity contribution in [1.82, 2.24) is 4.98 Å². The van der Waals surface area contributed by atoms with Crippen molar-refractivity contribution < 1.29 is 9.84 Å². The van der Waals surface area contributed by atoms with Gasteiger partial charge in [0.05, 0.1) is 17.8 Å². The number of rotatable bonds is 5. The first kappa shape index (κ1) is 16.3. The van der Waals surface area contributed by atoms with Gasteiger partial charge in [0.25, 0.3) is 0 Å². The minimum Gasteiger partial charge on any atom is -0.487 e. The first-order chi connectivity index (χ1) is 12.8. The summed E-state index contributed by atoms with van der Waals surface area (Å²) < 4.78 is 6.10. The van der Waals surface area contributed by atoms with E-state index in [1.165, 1.54) is 0 Å². The van der Waals surface area contributed by atoms with Crippen LogP contribution in [0.4, 0.5) is 0 Å². The number of aliphatic hydroxyl groups excluding tert-OH is 1. The number of para-hydroxylation sites is 1. The molecule has 3 nitrogen and oxygen atoms in total. The molecule has 1 N–H and O–H groups in total. The van der Waals surface area contributed by atoms with Crippen LogP contribution >= 0.6 is 0 Å². The van der Waals surface area contributed by atoms with Crippen LogP contribution in [-0.4, -0.2) is 10.1 Å². The van der Waals surface area contributed by atoms with Gasteiger partial charge in [0.15, 0.2) is 0 Å². The van der Waals surface area contributed by atoms with E-state index in [9.17, 15) is 5.11 Å². The summed E-state index contributed by atoms with van der Waals surface area (Å²) in [7, 11) is 0. The molecule has 3 aromatic carbocycles. The van der Waals surface area contributed by atoms with E-state index in [0.717, 1.165) is 39.0 Å². The molecule has 0 spiro atoms. The van der Waals surface area contributed by atoms with Crippen molar-refractivity contribution in [3.8, 4) is 16.9 Å². The first-order valence-corrected chi connectivity index (χ1v) is 8.61. The maximum absolute atomic E-state index is 9.74. The smallest absolute Gasteiger partial charge is 0.130 e. The van der Waals surface area contributed by atoms with E-state index < -0.39 is 0 Å². The van der Waals surface area contributed by atoms with Crippen LogP contribution in [0.15, 0.2) is 84.9 Å². The van der Waals surface area contributed by atoms with Crippen LogP contribution in [0.5, 0.6) is 5.75 Å². The summed E-state index contributed by atoms with van der Waals surface area (Å²) in [5.41, 5.74) is 4.63. The molecule has 0 unspecified atom stereocenters. The minimum atomic E-state index is -0.0321. The van der Waals surface area contributed by atoms with Crippen molar-refractivity contribution in [2.75, 3.05) is 0 Å². The fraction of sp³-hybridized carbons (Fsp3) is 0.0870. The average molecular weight is 341 g/mol. The molecule has 4 aromatic rings. The molecule has 0 aliphatic carbocycles. The van der Waals surface area contributed by atoms with Gasteiger partial charge in [-0.15, -0.1) is 0 Å². The number of ether oxygens (including phenoxy) is 1. The molecule has 0 amide bonds. The third-order valence-electron chi connectivity index (χ3n) is 4.38. The first-order valence-electron chi connectivity index (χ1n) is 8.61. The van der Waals surface area contributed by atoms with Crippen molar-refractivity contribution in [1.29, 1.82) is 0 Å². The van der Waals surface area contributed by atoms with Crippen molar-refractivity contribution >= 4 is 10.9 Å². The Morgan fingerprint density at radius 3 is 2.42 bits per heavy atom. The van der Waals surface area contributed by atoms with E-state index in [-0.39, 0.29) is 6.61 Å². The zero-order valence-electron chi connectivity index (χ0n) is 14.3. The fourth-order valence-corrected chi connectivity index (χ4v) is 3.10. The molecule has 0 saturated carbocycles. The lowest BCUT2D eigenvalue weighted by Crippen LogP contribution is -2.01. The molecule has 0 atom stereocenters. The molecule has 0 radical (unpaired) electrons. The predicted molar refractivity (Wildman–Crippen MR) is 104 cm³/mol. The Bertz CT molecular complexity index is 1030. The van der Waals surface area contributed by atoms with Gasteiger partial charge in [-0.2, -0.15) is 0 Å². The quantitative estimate of drug-likeness (QED) is 0.557. The number of fused-ring (bicyclic) bond motifs is 1. The third kappa shape index (κ3) is 3.30. The molecule has 128 valence electrons. The van der Waals surface area contributed by atoms with Gasteiger partial charge in [0, 0.05) is 10.9 Å². The monoisotopic (exact) mass is 341 g/mol. The molecule has 0 saturated heterocycles. The Hall–Kier alpha value is -3.17. The molecular formula is C23H19NO2.